The average molecular weight is 170 g/mol. The van der Waals surface area contributed by atoms with Crippen molar-refractivity contribution in [1.82, 2.24) is 0 Å². The monoisotopic (exact) mass is 170 g/mol. The Hall–Kier alpha value is -1.09. The number of carboxylic acids is 1. The van der Waals surface area contributed by atoms with Crippen molar-refractivity contribution in [1.29, 1.82) is 0 Å². The van der Waals surface area contributed by atoms with E-state index in [0.717, 1.165) is 19.8 Å². The molecule has 0 aliphatic heterocycles. The molecule has 1 rings (SSSR count). The van der Waals surface area contributed by atoms with Crippen molar-refractivity contribution in [3.63, 3.8) is 0 Å². The lowest BCUT2D eigenvalue weighted by Gasteiger charge is -1.99. The van der Waals surface area contributed by atoms with Gasteiger partial charge in [-0.15, -0.1) is 0 Å². The SMILES string of the molecule is CC(=O)O.OC1CC=CC=CC1. The molecular weight excluding hydrogens is 156 g/mol. The molecule has 68 valence electrons. The molecule has 0 atom stereocenters. The molecule has 2 N–H and O–H groups in total. The van der Waals surface area contributed by atoms with Crippen LogP contribution in [0.25, 0.3) is 0 Å². The molecule has 0 aromatic rings. The first-order chi connectivity index (χ1) is 5.63. The van der Waals surface area contributed by atoms with Gasteiger partial charge >= 0.3 is 0 Å². The summed E-state index contributed by atoms with van der Waals surface area (Å²) in [4.78, 5) is 9.00. The zero-order valence-electron chi connectivity index (χ0n) is 7.10. The molecule has 0 unspecified atom stereocenters. The van der Waals surface area contributed by atoms with E-state index in [1.807, 2.05) is 24.3 Å². The Balaban J connectivity index is 0.000000261. The molecule has 0 spiro atoms. The summed E-state index contributed by atoms with van der Waals surface area (Å²) < 4.78 is 0. The van der Waals surface area contributed by atoms with E-state index < -0.39 is 5.97 Å². The average Bonchev–Trinajstić information content (AvgIpc) is 2.14. The zero-order chi connectivity index (χ0) is 9.40. The molecular formula is C9H14O3. The first kappa shape index (κ1) is 10.9. The van der Waals surface area contributed by atoms with Crippen LogP contribution in [0.3, 0.4) is 0 Å². The summed E-state index contributed by atoms with van der Waals surface area (Å²) >= 11 is 0. The van der Waals surface area contributed by atoms with E-state index in [2.05, 4.69) is 0 Å². The molecule has 1 aliphatic rings. The molecule has 0 bridgehead atoms. The molecule has 0 saturated carbocycles. The third-order valence-corrected chi connectivity index (χ3v) is 1.20. The van der Waals surface area contributed by atoms with Gasteiger partial charge < -0.3 is 10.2 Å². The van der Waals surface area contributed by atoms with Gasteiger partial charge in [-0.25, -0.2) is 0 Å². The van der Waals surface area contributed by atoms with Gasteiger partial charge in [-0.05, 0) is 12.8 Å². The molecule has 0 heterocycles. The second kappa shape index (κ2) is 6.61. The largest absolute Gasteiger partial charge is 0.481 e. The van der Waals surface area contributed by atoms with E-state index in [4.69, 9.17) is 15.0 Å². The molecule has 0 saturated heterocycles. The Morgan fingerprint density at radius 3 is 2.00 bits per heavy atom. The van der Waals surface area contributed by atoms with E-state index in [0.29, 0.717) is 0 Å². The number of hydrogen-bond acceptors (Lipinski definition) is 2. The van der Waals surface area contributed by atoms with Crippen LogP contribution in [-0.4, -0.2) is 22.3 Å². The Morgan fingerprint density at radius 1 is 1.33 bits per heavy atom. The highest BCUT2D eigenvalue weighted by Crippen LogP contribution is 2.03. The summed E-state index contributed by atoms with van der Waals surface area (Å²) in [5.41, 5.74) is 0. The summed E-state index contributed by atoms with van der Waals surface area (Å²) in [6.45, 7) is 1.08. The van der Waals surface area contributed by atoms with Gasteiger partial charge in [0, 0.05) is 6.92 Å². The van der Waals surface area contributed by atoms with Crippen molar-refractivity contribution in [2.75, 3.05) is 0 Å². The van der Waals surface area contributed by atoms with Gasteiger partial charge in [0.2, 0.25) is 0 Å². The number of aliphatic hydroxyl groups excluding tert-OH is 1. The van der Waals surface area contributed by atoms with Gasteiger partial charge in [0.05, 0.1) is 6.10 Å². The molecule has 3 nitrogen and oxygen atoms in total. The molecule has 0 fully saturated rings. The van der Waals surface area contributed by atoms with Gasteiger partial charge in [-0.1, -0.05) is 24.3 Å². The number of carbonyl (C=O) groups is 1. The van der Waals surface area contributed by atoms with Crippen LogP contribution in [0.1, 0.15) is 19.8 Å². The minimum atomic E-state index is -0.833. The van der Waals surface area contributed by atoms with Crippen LogP contribution in [-0.2, 0) is 4.79 Å². The first-order valence-corrected chi connectivity index (χ1v) is 3.82. The molecule has 0 aromatic carbocycles. The smallest absolute Gasteiger partial charge is 0.300 e. The number of hydrogen-bond donors (Lipinski definition) is 2. The van der Waals surface area contributed by atoms with Crippen molar-refractivity contribution in [3.05, 3.63) is 24.3 Å². The molecule has 3 heteroatoms. The Bertz CT molecular complexity index is 164. The molecule has 0 aromatic heterocycles. The summed E-state index contributed by atoms with van der Waals surface area (Å²) in [6, 6.07) is 0. The fourth-order valence-corrected chi connectivity index (χ4v) is 0.725. The molecule has 0 amide bonds. The van der Waals surface area contributed by atoms with Crippen molar-refractivity contribution >= 4 is 5.97 Å². The number of aliphatic carboxylic acids is 1. The Labute approximate surface area is 72.0 Å². The topological polar surface area (TPSA) is 57.5 Å². The molecule has 12 heavy (non-hydrogen) atoms. The number of carboxylic acid groups (broad SMARTS) is 1. The minimum absolute atomic E-state index is 0.148. The lowest BCUT2D eigenvalue weighted by atomic mass is 10.2. The van der Waals surface area contributed by atoms with Gasteiger partial charge in [-0.2, -0.15) is 0 Å². The second-order valence-corrected chi connectivity index (χ2v) is 2.50. The van der Waals surface area contributed by atoms with Crippen molar-refractivity contribution in [2.45, 2.75) is 25.9 Å². The van der Waals surface area contributed by atoms with Crippen LogP contribution >= 0.6 is 0 Å². The van der Waals surface area contributed by atoms with Gasteiger partial charge in [-0.3, -0.25) is 4.79 Å². The van der Waals surface area contributed by atoms with Crippen LogP contribution in [0.15, 0.2) is 24.3 Å². The number of allylic oxidation sites excluding steroid dienone is 2. The third-order valence-electron chi connectivity index (χ3n) is 1.20. The van der Waals surface area contributed by atoms with Crippen molar-refractivity contribution in [3.8, 4) is 0 Å². The highest BCUT2D eigenvalue weighted by molar-refractivity contribution is 5.62. The zero-order valence-corrected chi connectivity index (χ0v) is 7.10. The minimum Gasteiger partial charge on any atom is -0.481 e. The second-order valence-electron chi connectivity index (χ2n) is 2.50. The maximum atomic E-state index is 9.00. The maximum Gasteiger partial charge on any atom is 0.300 e. The first-order valence-electron chi connectivity index (χ1n) is 3.82. The predicted octanol–water partition coefficient (Wildman–Crippen LogP) is 1.34. The van der Waals surface area contributed by atoms with E-state index in [1.54, 1.807) is 0 Å². The van der Waals surface area contributed by atoms with Crippen LogP contribution in [0.2, 0.25) is 0 Å². The molecule has 1 aliphatic carbocycles. The van der Waals surface area contributed by atoms with Crippen LogP contribution < -0.4 is 0 Å². The fourth-order valence-electron chi connectivity index (χ4n) is 0.725. The van der Waals surface area contributed by atoms with Crippen LogP contribution in [0.4, 0.5) is 0 Å². The van der Waals surface area contributed by atoms with Crippen molar-refractivity contribution < 1.29 is 15.0 Å². The fraction of sp³-hybridized carbons (Fsp3) is 0.444. The summed E-state index contributed by atoms with van der Waals surface area (Å²) in [6.07, 6.45) is 9.35. The lowest BCUT2D eigenvalue weighted by Crippen LogP contribution is -2.00. The van der Waals surface area contributed by atoms with Crippen LogP contribution in [0.5, 0.6) is 0 Å². The maximum absolute atomic E-state index is 9.00. The quantitative estimate of drug-likeness (QED) is 0.576. The number of aliphatic hydroxyl groups is 1. The highest BCUT2D eigenvalue weighted by atomic mass is 16.4. The Morgan fingerprint density at radius 2 is 1.67 bits per heavy atom. The van der Waals surface area contributed by atoms with Crippen molar-refractivity contribution in [2.24, 2.45) is 0 Å². The van der Waals surface area contributed by atoms with Gasteiger partial charge in [0.1, 0.15) is 0 Å². The van der Waals surface area contributed by atoms with Gasteiger partial charge in [0.25, 0.3) is 5.97 Å². The predicted molar refractivity (Wildman–Crippen MR) is 46.8 cm³/mol. The standard InChI is InChI=1S/C7H10O.C2H4O2/c8-7-5-3-1-2-4-6-7;1-2(3)4/h1-4,7-8H,5-6H2;1H3,(H,3,4). The van der Waals surface area contributed by atoms with Crippen LogP contribution in [0, 0.1) is 0 Å². The van der Waals surface area contributed by atoms with E-state index in [1.165, 1.54) is 0 Å². The van der Waals surface area contributed by atoms with E-state index >= 15 is 0 Å². The summed E-state index contributed by atoms with van der Waals surface area (Å²) in [7, 11) is 0. The van der Waals surface area contributed by atoms with E-state index in [9.17, 15) is 0 Å². The number of rotatable bonds is 0. The highest BCUT2D eigenvalue weighted by Gasteiger charge is 1.98. The van der Waals surface area contributed by atoms with Gasteiger partial charge in [0.15, 0.2) is 0 Å². The third kappa shape index (κ3) is 8.91. The lowest BCUT2D eigenvalue weighted by molar-refractivity contribution is -0.134. The molecule has 0 radical (unpaired) electrons. The Kier molecular flexibility index (Phi) is 6.01. The summed E-state index contributed by atoms with van der Waals surface area (Å²) in [5.74, 6) is -0.833. The summed E-state index contributed by atoms with van der Waals surface area (Å²) in [5, 5.41) is 16.4. The van der Waals surface area contributed by atoms with E-state index in [-0.39, 0.29) is 6.10 Å². The normalized spacial score (nSPS) is 16.2.